The Morgan fingerprint density at radius 3 is 2.27 bits per heavy atom. The van der Waals surface area contributed by atoms with Crippen molar-refractivity contribution in [2.24, 2.45) is 5.92 Å². The molecule has 2 N–H and O–H groups in total. The quantitative estimate of drug-likeness (QED) is 0.642. The first-order chi connectivity index (χ1) is 5.22. The largest absolute Gasteiger partial charge is 0.396 e. The maximum atomic E-state index is 10.7. The van der Waals surface area contributed by atoms with Crippen molar-refractivity contribution in [2.45, 2.75) is 27.2 Å². The van der Waals surface area contributed by atoms with Gasteiger partial charge >= 0.3 is 0 Å². The second-order valence-corrected chi connectivity index (χ2v) is 2.03. The highest BCUT2D eigenvalue weighted by Gasteiger charge is 2.08. The summed E-state index contributed by atoms with van der Waals surface area (Å²) in [5.41, 5.74) is 0. The summed E-state index contributed by atoms with van der Waals surface area (Å²) in [5, 5.41) is 10.9. The number of aliphatic hydroxyl groups excluding tert-OH is 1. The molecular weight excluding hydrogens is 142 g/mol. The van der Waals surface area contributed by atoms with Crippen molar-refractivity contribution in [1.29, 1.82) is 0 Å². The Hall–Kier alpha value is -0.570. The number of hydrogen-bond acceptors (Lipinski definition) is 2. The summed E-state index contributed by atoms with van der Waals surface area (Å²) in [6.07, 6.45) is 0.541. The summed E-state index contributed by atoms with van der Waals surface area (Å²) in [7, 11) is 1.59. The van der Waals surface area contributed by atoms with Crippen LogP contribution in [0.5, 0.6) is 0 Å². The summed E-state index contributed by atoms with van der Waals surface area (Å²) in [5.74, 6) is -0.0796. The van der Waals surface area contributed by atoms with Crippen LogP contribution >= 0.6 is 0 Å². The average Bonchev–Trinajstić information content (AvgIpc) is 2.07. The summed E-state index contributed by atoms with van der Waals surface area (Å²) in [6.45, 7) is 5.86. The molecule has 0 spiro atoms. The van der Waals surface area contributed by atoms with Crippen molar-refractivity contribution in [3.05, 3.63) is 0 Å². The van der Waals surface area contributed by atoms with Crippen LogP contribution < -0.4 is 5.32 Å². The van der Waals surface area contributed by atoms with E-state index in [2.05, 4.69) is 5.32 Å². The Bertz CT molecular complexity index is 94.1. The van der Waals surface area contributed by atoms with Crippen LogP contribution in [-0.4, -0.2) is 24.7 Å². The van der Waals surface area contributed by atoms with Gasteiger partial charge in [0.05, 0.1) is 0 Å². The van der Waals surface area contributed by atoms with Gasteiger partial charge in [-0.15, -0.1) is 0 Å². The normalized spacial score (nSPS) is 11.0. The van der Waals surface area contributed by atoms with E-state index in [4.69, 9.17) is 5.11 Å². The van der Waals surface area contributed by atoms with Crippen molar-refractivity contribution in [3.8, 4) is 0 Å². The molecule has 0 aromatic carbocycles. The van der Waals surface area contributed by atoms with Gasteiger partial charge in [0.25, 0.3) is 0 Å². The van der Waals surface area contributed by atoms with Crippen molar-refractivity contribution >= 4 is 5.91 Å². The van der Waals surface area contributed by atoms with Gasteiger partial charge in [0.2, 0.25) is 5.91 Å². The van der Waals surface area contributed by atoms with Gasteiger partial charge < -0.3 is 10.4 Å². The maximum Gasteiger partial charge on any atom is 0.222 e. The first kappa shape index (κ1) is 13.1. The molecule has 0 radical (unpaired) electrons. The van der Waals surface area contributed by atoms with E-state index >= 15 is 0 Å². The average molecular weight is 161 g/mol. The molecule has 1 atom stereocenters. The van der Waals surface area contributed by atoms with Crippen LogP contribution in [-0.2, 0) is 4.79 Å². The molecular formula is C8H19NO2. The zero-order valence-corrected chi connectivity index (χ0v) is 7.85. The van der Waals surface area contributed by atoms with Gasteiger partial charge in [-0.25, -0.2) is 0 Å². The van der Waals surface area contributed by atoms with Gasteiger partial charge in [0, 0.05) is 19.6 Å². The third-order valence-electron chi connectivity index (χ3n) is 1.26. The summed E-state index contributed by atoms with van der Waals surface area (Å²) >= 11 is 0. The number of carbonyl (C=O) groups excluding carboxylic acids is 1. The van der Waals surface area contributed by atoms with E-state index in [1.807, 2.05) is 13.8 Å². The SMILES string of the molecule is CC.CNC(=O)C(C)CCO. The number of hydrogen-bond donors (Lipinski definition) is 2. The maximum absolute atomic E-state index is 10.7. The molecule has 0 fully saturated rings. The first-order valence-electron chi connectivity index (χ1n) is 4.04. The topological polar surface area (TPSA) is 49.3 Å². The molecule has 3 heteroatoms. The minimum atomic E-state index is -0.0694. The smallest absolute Gasteiger partial charge is 0.222 e. The number of nitrogens with one attached hydrogen (secondary N) is 1. The molecule has 0 aliphatic carbocycles. The van der Waals surface area contributed by atoms with Crippen LogP contribution in [0.1, 0.15) is 27.2 Å². The van der Waals surface area contributed by atoms with Gasteiger partial charge in [-0.1, -0.05) is 20.8 Å². The van der Waals surface area contributed by atoms with Crippen molar-refractivity contribution in [1.82, 2.24) is 5.32 Å². The van der Waals surface area contributed by atoms with Gasteiger partial charge in [-0.2, -0.15) is 0 Å². The van der Waals surface area contributed by atoms with Gasteiger partial charge in [0.15, 0.2) is 0 Å². The standard InChI is InChI=1S/C6H13NO2.C2H6/c1-5(3-4-8)6(9)7-2;1-2/h5,8H,3-4H2,1-2H3,(H,7,9);1-2H3. The molecule has 68 valence electrons. The number of aliphatic hydroxyl groups is 1. The van der Waals surface area contributed by atoms with Crippen LogP contribution in [0.25, 0.3) is 0 Å². The van der Waals surface area contributed by atoms with E-state index in [1.165, 1.54) is 0 Å². The van der Waals surface area contributed by atoms with Crippen LogP contribution in [0.3, 0.4) is 0 Å². The molecule has 0 saturated heterocycles. The zero-order chi connectivity index (χ0) is 9.28. The second-order valence-electron chi connectivity index (χ2n) is 2.03. The highest BCUT2D eigenvalue weighted by atomic mass is 16.3. The van der Waals surface area contributed by atoms with Crippen LogP contribution in [0, 0.1) is 5.92 Å². The van der Waals surface area contributed by atoms with Crippen LogP contribution in [0.2, 0.25) is 0 Å². The molecule has 0 aromatic rings. The Labute approximate surface area is 68.8 Å². The van der Waals surface area contributed by atoms with E-state index in [0.717, 1.165) is 0 Å². The summed E-state index contributed by atoms with van der Waals surface area (Å²) in [6, 6.07) is 0. The monoisotopic (exact) mass is 161 g/mol. The number of rotatable bonds is 3. The number of carbonyl (C=O) groups is 1. The fourth-order valence-electron chi connectivity index (χ4n) is 0.571. The second kappa shape index (κ2) is 9.43. The zero-order valence-electron chi connectivity index (χ0n) is 7.85. The van der Waals surface area contributed by atoms with E-state index in [9.17, 15) is 4.79 Å². The third-order valence-corrected chi connectivity index (χ3v) is 1.26. The van der Waals surface area contributed by atoms with E-state index in [1.54, 1.807) is 14.0 Å². The molecule has 1 unspecified atom stereocenters. The highest BCUT2D eigenvalue weighted by molar-refractivity contribution is 5.77. The fraction of sp³-hybridized carbons (Fsp3) is 0.875. The molecule has 11 heavy (non-hydrogen) atoms. The molecule has 0 bridgehead atoms. The van der Waals surface area contributed by atoms with Gasteiger partial charge in [0.1, 0.15) is 0 Å². The lowest BCUT2D eigenvalue weighted by atomic mass is 10.1. The Balaban J connectivity index is 0. The lowest BCUT2D eigenvalue weighted by Gasteiger charge is -2.05. The van der Waals surface area contributed by atoms with Gasteiger partial charge in [-0.3, -0.25) is 4.79 Å². The molecule has 0 aliphatic rings. The minimum absolute atomic E-state index is 0.0101. The molecule has 0 aliphatic heterocycles. The van der Waals surface area contributed by atoms with E-state index in [-0.39, 0.29) is 18.4 Å². The Morgan fingerprint density at radius 1 is 1.55 bits per heavy atom. The highest BCUT2D eigenvalue weighted by Crippen LogP contribution is 1.98. The molecule has 1 amide bonds. The van der Waals surface area contributed by atoms with Crippen molar-refractivity contribution in [2.75, 3.05) is 13.7 Å². The third kappa shape index (κ3) is 7.33. The molecule has 3 nitrogen and oxygen atoms in total. The Morgan fingerprint density at radius 2 is 2.00 bits per heavy atom. The lowest BCUT2D eigenvalue weighted by Crippen LogP contribution is -2.25. The van der Waals surface area contributed by atoms with Crippen molar-refractivity contribution in [3.63, 3.8) is 0 Å². The van der Waals surface area contributed by atoms with E-state index in [0.29, 0.717) is 6.42 Å². The minimum Gasteiger partial charge on any atom is -0.396 e. The summed E-state index contributed by atoms with van der Waals surface area (Å²) < 4.78 is 0. The molecule has 0 heterocycles. The van der Waals surface area contributed by atoms with Gasteiger partial charge in [-0.05, 0) is 6.42 Å². The lowest BCUT2D eigenvalue weighted by molar-refractivity contribution is -0.124. The molecule has 0 saturated carbocycles. The Kier molecular flexibility index (Phi) is 11.2. The number of amides is 1. The first-order valence-corrected chi connectivity index (χ1v) is 4.04. The van der Waals surface area contributed by atoms with Crippen molar-refractivity contribution < 1.29 is 9.90 Å². The van der Waals surface area contributed by atoms with Crippen LogP contribution in [0.15, 0.2) is 0 Å². The predicted molar refractivity (Wildman–Crippen MR) is 46.3 cm³/mol. The van der Waals surface area contributed by atoms with Crippen LogP contribution in [0.4, 0.5) is 0 Å². The molecule has 0 rings (SSSR count). The predicted octanol–water partition coefficient (Wildman–Crippen LogP) is 0.777. The van der Waals surface area contributed by atoms with E-state index < -0.39 is 0 Å². The fourth-order valence-corrected chi connectivity index (χ4v) is 0.571. The summed E-state index contributed by atoms with van der Waals surface area (Å²) in [4.78, 5) is 10.7. The molecule has 0 aromatic heterocycles.